The van der Waals surface area contributed by atoms with Gasteiger partial charge in [-0.05, 0) is 60.9 Å². The molecule has 3 nitrogen and oxygen atoms in total. The number of allylic oxidation sites excluding steroid dienone is 1. The second-order valence-corrected chi connectivity index (χ2v) is 7.41. The molecule has 0 unspecified atom stereocenters. The molecule has 128 valence electrons. The highest BCUT2D eigenvalue weighted by molar-refractivity contribution is 6.03. The minimum atomic E-state index is 0.311. The number of Topliss-reactive ketones (excluding diaryl/α,β-unsaturated/α-hetero) is 1. The van der Waals surface area contributed by atoms with Crippen LogP contribution >= 0.6 is 0 Å². The molecule has 2 saturated carbocycles. The maximum absolute atomic E-state index is 12.7. The van der Waals surface area contributed by atoms with Crippen LogP contribution < -0.4 is 4.90 Å². The molecule has 3 aliphatic rings. The Labute approximate surface area is 144 Å². The quantitative estimate of drug-likeness (QED) is 0.784. The van der Waals surface area contributed by atoms with Crippen molar-refractivity contribution in [1.29, 1.82) is 0 Å². The average Bonchev–Trinajstić information content (AvgIpc) is 3.27. The van der Waals surface area contributed by atoms with Gasteiger partial charge in [-0.2, -0.15) is 0 Å². The van der Waals surface area contributed by atoms with Gasteiger partial charge in [0.05, 0.1) is 13.2 Å². The largest absolute Gasteiger partial charge is 0.378 e. The molecule has 0 aromatic heterocycles. The number of anilines is 1. The summed E-state index contributed by atoms with van der Waals surface area (Å²) in [7, 11) is 0. The van der Waals surface area contributed by atoms with E-state index >= 15 is 0 Å². The van der Waals surface area contributed by atoms with E-state index in [2.05, 4.69) is 35.2 Å². The van der Waals surface area contributed by atoms with Gasteiger partial charge in [-0.15, -0.1) is 0 Å². The highest BCUT2D eigenvalue weighted by Gasteiger charge is 2.36. The maximum atomic E-state index is 12.7. The third-order valence-corrected chi connectivity index (χ3v) is 5.96. The molecule has 1 heterocycles. The number of ketones is 1. The van der Waals surface area contributed by atoms with Crippen LogP contribution in [0.4, 0.5) is 5.69 Å². The van der Waals surface area contributed by atoms with Crippen molar-refractivity contribution in [2.24, 2.45) is 11.8 Å². The Balaban J connectivity index is 1.44. The number of morpholine rings is 1. The predicted octanol–water partition coefficient (Wildman–Crippen LogP) is 4.08. The van der Waals surface area contributed by atoms with E-state index < -0.39 is 0 Å². The van der Waals surface area contributed by atoms with Gasteiger partial charge < -0.3 is 9.64 Å². The van der Waals surface area contributed by atoms with E-state index in [9.17, 15) is 4.79 Å². The van der Waals surface area contributed by atoms with E-state index in [1.54, 1.807) is 0 Å². The molecule has 0 amide bonds. The fourth-order valence-corrected chi connectivity index (χ4v) is 4.56. The first kappa shape index (κ1) is 15.9. The van der Waals surface area contributed by atoms with Crippen molar-refractivity contribution in [2.45, 2.75) is 38.5 Å². The zero-order valence-electron chi connectivity index (χ0n) is 14.4. The van der Waals surface area contributed by atoms with Gasteiger partial charge in [-0.25, -0.2) is 0 Å². The second kappa shape index (κ2) is 7.10. The summed E-state index contributed by atoms with van der Waals surface area (Å²) in [5, 5.41) is 0. The number of hydrogen-bond donors (Lipinski definition) is 0. The number of carbonyl (C=O) groups excluding carboxylic acids is 1. The van der Waals surface area contributed by atoms with Crippen LogP contribution in [0.3, 0.4) is 0 Å². The summed E-state index contributed by atoms with van der Waals surface area (Å²) in [4.78, 5) is 15.1. The summed E-state index contributed by atoms with van der Waals surface area (Å²) < 4.78 is 5.41. The highest BCUT2D eigenvalue weighted by atomic mass is 16.5. The van der Waals surface area contributed by atoms with Crippen molar-refractivity contribution < 1.29 is 9.53 Å². The van der Waals surface area contributed by atoms with Crippen molar-refractivity contribution in [3.63, 3.8) is 0 Å². The van der Waals surface area contributed by atoms with Gasteiger partial charge in [0.1, 0.15) is 0 Å². The van der Waals surface area contributed by atoms with Crippen LogP contribution in [-0.4, -0.2) is 32.1 Å². The molecular weight excluding hydrogens is 298 g/mol. The zero-order valence-corrected chi connectivity index (χ0v) is 14.4. The maximum Gasteiger partial charge on any atom is 0.162 e. The topological polar surface area (TPSA) is 29.5 Å². The lowest BCUT2D eigenvalue weighted by atomic mass is 9.88. The van der Waals surface area contributed by atoms with Crippen LogP contribution in [-0.2, 0) is 9.53 Å². The number of ether oxygens (including phenoxy) is 1. The number of rotatable bonds is 3. The molecule has 3 fully saturated rings. The Bertz CT molecular complexity index is 607. The van der Waals surface area contributed by atoms with E-state index in [-0.39, 0.29) is 0 Å². The van der Waals surface area contributed by atoms with E-state index in [0.29, 0.717) is 17.6 Å². The highest BCUT2D eigenvalue weighted by Crippen LogP contribution is 2.40. The molecular formula is C21H27NO2. The van der Waals surface area contributed by atoms with Crippen LogP contribution in [0.2, 0.25) is 0 Å². The first-order valence-electron chi connectivity index (χ1n) is 9.49. The summed E-state index contributed by atoms with van der Waals surface area (Å²) >= 11 is 0. The third-order valence-electron chi connectivity index (χ3n) is 5.96. The lowest BCUT2D eigenvalue weighted by molar-refractivity contribution is -0.119. The Kier molecular flexibility index (Phi) is 4.70. The second-order valence-electron chi connectivity index (χ2n) is 7.41. The van der Waals surface area contributed by atoms with Gasteiger partial charge in [0.25, 0.3) is 0 Å². The summed E-state index contributed by atoms with van der Waals surface area (Å²) in [6.45, 7) is 3.54. The molecule has 0 N–H and O–H groups in total. The summed E-state index contributed by atoms with van der Waals surface area (Å²) in [6.07, 6.45) is 9.32. The summed E-state index contributed by atoms with van der Waals surface area (Å²) in [6, 6.07) is 8.64. The molecule has 0 spiro atoms. The normalized spacial score (nSPS) is 27.3. The number of nitrogens with zero attached hydrogens (tertiary/aromatic N) is 1. The van der Waals surface area contributed by atoms with Gasteiger partial charge in [0, 0.05) is 24.7 Å². The fraction of sp³-hybridized carbons (Fsp3) is 0.571. The molecule has 1 atom stereocenters. The van der Waals surface area contributed by atoms with Gasteiger partial charge in [0.15, 0.2) is 5.78 Å². The van der Waals surface area contributed by atoms with Crippen LogP contribution in [0.15, 0.2) is 29.8 Å². The standard InChI is InChI=1S/C21H27NO2/c23-21-18(7-10-20(21)17-3-1-2-4-17)15-16-5-8-19(9-6-16)22-11-13-24-14-12-22/h5-6,8-9,15,17,20H,1-4,7,10-14H2/b18-15+/t20-/m0/s1. The van der Waals surface area contributed by atoms with Crippen LogP contribution in [0.1, 0.15) is 44.1 Å². The Morgan fingerprint density at radius 3 is 2.42 bits per heavy atom. The predicted molar refractivity (Wildman–Crippen MR) is 97.1 cm³/mol. The van der Waals surface area contributed by atoms with Crippen molar-refractivity contribution in [2.75, 3.05) is 31.2 Å². The minimum Gasteiger partial charge on any atom is -0.378 e. The van der Waals surface area contributed by atoms with Crippen LogP contribution in [0, 0.1) is 11.8 Å². The molecule has 0 bridgehead atoms. The van der Waals surface area contributed by atoms with Gasteiger partial charge >= 0.3 is 0 Å². The molecule has 0 radical (unpaired) electrons. The molecule has 1 saturated heterocycles. The van der Waals surface area contributed by atoms with Crippen LogP contribution in [0.5, 0.6) is 0 Å². The van der Waals surface area contributed by atoms with Crippen LogP contribution in [0.25, 0.3) is 6.08 Å². The molecule has 1 aromatic carbocycles. The average molecular weight is 325 g/mol. The van der Waals surface area contributed by atoms with Crippen molar-refractivity contribution in [1.82, 2.24) is 0 Å². The van der Waals surface area contributed by atoms with E-state index in [0.717, 1.165) is 50.3 Å². The lowest BCUT2D eigenvalue weighted by Crippen LogP contribution is -2.36. The molecule has 4 rings (SSSR count). The SMILES string of the molecule is O=C1/C(=C/c2ccc(N3CCOCC3)cc2)CC[C@H]1C1CCCC1. The number of carbonyl (C=O) groups is 1. The number of benzene rings is 1. The fourth-order valence-electron chi connectivity index (χ4n) is 4.56. The summed E-state index contributed by atoms with van der Waals surface area (Å²) in [5.41, 5.74) is 3.45. The molecule has 24 heavy (non-hydrogen) atoms. The lowest BCUT2D eigenvalue weighted by Gasteiger charge is -2.28. The van der Waals surface area contributed by atoms with Crippen molar-refractivity contribution in [3.8, 4) is 0 Å². The Morgan fingerprint density at radius 1 is 1.00 bits per heavy atom. The molecule has 1 aromatic rings. The molecule has 1 aliphatic heterocycles. The van der Waals surface area contributed by atoms with E-state index in [1.165, 1.54) is 31.4 Å². The number of hydrogen-bond acceptors (Lipinski definition) is 3. The third kappa shape index (κ3) is 3.27. The minimum absolute atomic E-state index is 0.311. The monoisotopic (exact) mass is 325 g/mol. The van der Waals surface area contributed by atoms with E-state index in [1.807, 2.05) is 0 Å². The van der Waals surface area contributed by atoms with Crippen molar-refractivity contribution in [3.05, 3.63) is 35.4 Å². The molecule has 3 heteroatoms. The Hall–Kier alpha value is -1.61. The van der Waals surface area contributed by atoms with Gasteiger partial charge in [-0.3, -0.25) is 4.79 Å². The van der Waals surface area contributed by atoms with Gasteiger partial charge in [0.2, 0.25) is 0 Å². The van der Waals surface area contributed by atoms with Crippen molar-refractivity contribution >= 4 is 17.5 Å². The smallest absolute Gasteiger partial charge is 0.162 e. The van der Waals surface area contributed by atoms with Gasteiger partial charge in [-0.1, -0.05) is 25.0 Å². The zero-order chi connectivity index (χ0) is 16.4. The Morgan fingerprint density at radius 2 is 1.71 bits per heavy atom. The first-order chi connectivity index (χ1) is 11.8. The first-order valence-corrected chi connectivity index (χ1v) is 9.49. The van der Waals surface area contributed by atoms with E-state index in [4.69, 9.17) is 4.74 Å². The molecule has 2 aliphatic carbocycles. The summed E-state index contributed by atoms with van der Waals surface area (Å²) in [5.74, 6) is 1.40.